The zero-order valence-corrected chi connectivity index (χ0v) is 19.9. The average molecular weight is 500 g/mol. The van der Waals surface area contributed by atoms with E-state index in [0.29, 0.717) is 16.4 Å². The molecule has 0 saturated carbocycles. The summed E-state index contributed by atoms with van der Waals surface area (Å²) in [5.41, 5.74) is 1.04. The molecule has 3 rings (SSSR count). The van der Waals surface area contributed by atoms with Crippen LogP contribution in [0.25, 0.3) is 10.2 Å². The number of phosphoric ester groups is 1. The standard InChI is InChI=1S/C20H23ClN3O6PS/c1-3-4-9-24-16-11-22-8-7-18(16)32-20(24)23-19(25)15-10-14(21)5-6-17(15)29-12-13(2)30-31(26,27)28/h5-8,10-11,13H,3-4,9,12H2,1-2H3,(H2,26,27,28)/t13-/m0/s1. The number of phosphoric acid groups is 1. The first-order valence-corrected chi connectivity index (χ1v) is 12.6. The van der Waals surface area contributed by atoms with E-state index < -0.39 is 19.8 Å². The first-order chi connectivity index (χ1) is 15.2. The molecule has 0 saturated heterocycles. The number of thiazole rings is 1. The second-order valence-corrected chi connectivity index (χ2v) is 9.65. The molecule has 172 valence electrons. The maximum Gasteiger partial charge on any atom is 0.469 e. The van der Waals surface area contributed by atoms with Gasteiger partial charge in [0.25, 0.3) is 5.91 Å². The summed E-state index contributed by atoms with van der Waals surface area (Å²) in [6.07, 6.45) is 4.45. The third kappa shape index (κ3) is 6.48. The van der Waals surface area contributed by atoms with Crippen molar-refractivity contribution in [2.45, 2.75) is 39.3 Å². The SMILES string of the molecule is CCCCn1c(=NC(=O)c2cc(Cl)ccc2OC[C@H](C)OP(=O)(O)O)sc2ccncc21. The van der Waals surface area contributed by atoms with Gasteiger partial charge < -0.3 is 19.1 Å². The van der Waals surface area contributed by atoms with Gasteiger partial charge in [0.05, 0.1) is 22.0 Å². The maximum atomic E-state index is 13.1. The molecule has 1 atom stereocenters. The Morgan fingerprint density at radius 3 is 2.88 bits per heavy atom. The van der Waals surface area contributed by atoms with E-state index in [9.17, 15) is 9.36 Å². The monoisotopic (exact) mass is 499 g/mol. The number of carbonyl (C=O) groups is 1. The molecule has 0 fully saturated rings. The van der Waals surface area contributed by atoms with Gasteiger partial charge in [-0.25, -0.2) is 4.57 Å². The van der Waals surface area contributed by atoms with E-state index >= 15 is 0 Å². The molecule has 0 radical (unpaired) electrons. The van der Waals surface area contributed by atoms with Crippen LogP contribution >= 0.6 is 30.8 Å². The predicted octanol–water partition coefficient (Wildman–Crippen LogP) is 4.17. The van der Waals surface area contributed by atoms with Crippen molar-refractivity contribution in [2.24, 2.45) is 4.99 Å². The van der Waals surface area contributed by atoms with Gasteiger partial charge >= 0.3 is 7.82 Å². The molecule has 2 heterocycles. The normalized spacial score (nSPS) is 13.5. The van der Waals surface area contributed by atoms with Gasteiger partial charge in [-0.3, -0.25) is 14.3 Å². The number of aromatic nitrogens is 2. The van der Waals surface area contributed by atoms with Crippen molar-refractivity contribution in [3.8, 4) is 5.75 Å². The van der Waals surface area contributed by atoms with Crippen LogP contribution in [-0.4, -0.2) is 38.0 Å². The second kappa shape index (κ2) is 10.7. The van der Waals surface area contributed by atoms with Crippen molar-refractivity contribution in [3.63, 3.8) is 0 Å². The zero-order chi connectivity index (χ0) is 23.3. The van der Waals surface area contributed by atoms with Gasteiger partial charge in [0.1, 0.15) is 18.5 Å². The second-order valence-electron chi connectivity index (χ2n) is 7.01. The van der Waals surface area contributed by atoms with Crippen LogP contribution in [0, 0.1) is 0 Å². The largest absolute Gasteiger partial charge is 0.490 e. The summed E-state index contributed by atoms with van der Waals surface area (Å²) in [4.78, 5) is 40.0. The molecule has 0 unspecified atom stereocenters. The minimum absolute atomic E-state index is 0.138. The number of fused-ring (bicyclic) bond motifs is 1. The van der Waals surface area contributed by atoms with Crippen molar-refractivity contribution in [1.29, 1.82) is 0 Å². The molecular formula is C20H23ClN3O6PS. The van der Waals surface area contributed by atoms with E-state index in [-0.39, 0.29) is 17.9 Å². The highest BCUT2D eigenvalue weighted by Crippen LogP contribution is 2.37. The molecule has 0 bridgehead atoms. The summed E-state index contributed by atoms with van der Waals surface area (Å²) in [5.74, 6) is -0.358. The number of halogens is 1. The van der Waals surface area contributed by atoms with Crippen LogP contribution in [0.3, 0.4) is 0 Å². The lowest BCUT2D eigenvalue weighted by Crippen LogP contribution is -2.19. The van der Waals surface area contributed by atoms with Crippen LogP contribution in [0.2, 0.25) is 5.02 Å². The minimum atomic E-state index is -4.65. The van der Waals surface area contributed by atoms with Crippen LogP contribution in [0.15, 0.2) is 41.7 Å². The predicted molar refractivity (Wildman–Crippen MR) is 122 cm³/mol. The fraction of sp³-hybridized carbons (Fsp3) is 0.350. The number of carbonyl (C=O) groups excluding carboxylic acids is 1. The van der Waals surface area contributed by atoms with Gasteiger partial charge in [-0.15, -0.1) is 0 Å². The van der Waals surface area contributed by atoms with Crippen LogP contribution in [0.5, 0.6) is 5.75 Å². The molecule has 1 aromatic carbocycles. The highest BCUT2D eigenvalue weighted by atomic mass is 35.5. The highest BCUT2D eigenvalue weighted by Gasteiger charge is 2.21. The Labute approximate surface area is 193 Å². The Morgan fingerprint density at radius 1 is 1.38 bits per heavy atom. The number of amides is 1. The fourth-order valence-electron chi connectivity index (χ4n) is 2.95. The van der Waals surface area contributed by atoms with Gasteiger partial charge in [0, 0.05) is 17.8 Å². The van der Waals surface area contributed by atoms with E-state index in [2.05, 4.69) is 21.4 Å². The Kier molecular flexibility index (Phi) is 8.21. The molecule has 32 heavy (non-hydrogen) atoms. The van der Waals surface area contributed by atoms with Crippen LogP contribution in [0.1, 0.15) is 37.0 Å². The lowest BCUT2D eigenvalue weighted by molar-refractivity contribution is 0.0947. The van der Waals surface area contributed by atoms with Crippen molar-refractivity contribution in [2.75, 3.05) is 6.61 Å². The molecule has 9 nitrogen and oxygen atoms in total. The summed E-state index contributed by atoms with van der Waals surface area (Å²) in [6.45, 7) is 4.05. The number of pyridine rings is 1. The number of unbranched alkanes of at least 4 members (excludes halogenated alkanes) is 1. The van der Waals surface area contributed by atoms with Crippen LogP contribution in [0.4, 0.5) is 0 Å². The number of hydrogen-bond acceptors (Lipinski definition) is 6. The Morgan fingerprint density at radius 2 is 2.16 bits per heavy atom. The Hall–Kier alpha value is -2.07. The van der Waals surface area contributed by atoms with Crippen molar-refractivity contribution < 1.29 is 28.4 Å². The molecule has 0 aliphatic rings. The fourth-order valence-corrected chi connectivity index (χ4v) is 4.67. The average Bonchev–Trinajstić information content (AvgIpc) is 3.06. The molecule has 0 spiro atoms. The van der Waals surface area contributed by atoms with Crippen molar-refractivity contribution in [1.82, 2.24) is 9.55 Å². The summed E-state index contributed by atoms with van der Waals surface area (Å²) in [6, 6.07) is 6.38. The van der Waals surface area contributed by atoms with E-state index in [4.69, 9.17) is 26.1 Å². The number of ether oxygens (including phenoxy) is 1. The van der Waals surface area contributed by atoms with Gasteiger partial charge in [0.15, 0.2) is 4.80 Å². The molecule has 2 N–H and O–H groups in total. The van der Waals surface area contributed by atoms with E-state index in [0.717, 1.165) is 23.1 Å². The van der Waals surface area contributed by atoms with Crippen LogP contribution in [-0.2, 0) is 15.6 Å². The van der Waals surface area contributed by atoms with Crippen molar-refractivity contribution in [3.05, 3.63) is 52.0 Å². The van der Waals surface area contributed by atoms with Crippen LogP contribution < -0.4 is 9.54 Å². The lowest BCUT2D eigenvalue weighted by Gasteiger charge is -2.16. The minimum Gasteiger partial charge on any atom is -0.490 e. The quantitative estimate of drug-likeness (QED) is 0.423. The molecular weight excluding hydrogens is 477 g/mol. The number of benzene rings is 1. The van der Waals surface area contributed by atoms with Gasteiger partial charge in [-0.05, 0) is 37.6 Å². The van der Waals surface area contributed by atoms with Crippen molar-refractivity contribution >= 4 is 46.9 Å². The first kappa shape index (κ1) is 24.6. The zero-order valence-electron chi connectivity index (χ0n) is 17.5. The van der Waals surface area contributed by atoms with Gasteiger partial charge in [0.2, 0.25) is 0 Å². The third-order valence-electron chi connectivity index (χ3n) is 4.38. The number of rotatable bonds is 9. The summed E-state index contributed by atoms with van der Waals surface area (Å²) in [5, 5.41) is 0.329. The van der Waals surface area contributed by atoms with E-state index in [1.165, 1.54) is 30.4 Å². The maximum absolute atomic E-state index is 13.1. The van der Waals surface area contributed by atoms with E-state index in [1.807, 2.05) is 10.6 Å². The smallest absolute Gasteiger partial charge is 0.469 e. The molecule has 3 aromatic rings. The number of aryl methyl sites for hydroxylation is 1. The Bertz CT molecular complexity index is 1220. The summed E-state index contributed by atoms with van der Waals surface area (Å²) < 4.78 is 24.1. The van der Waals surface area contributed by atoms with Gasteiger partial charge in [-0.2, -0.15) is 4.99 Å². The number of nitrogens with zero attached hydrogens (tertiary/aromatic N) is 3. The summed E-state index contributed by atoms with van der Waals surface area (Å²) in [7, 11) is -4.65. The third-order valence-corrected chi connectivity index (χ3v) is 6.31. The Balaban J connectivity index is 1.93. The molecule has 2 aromatic heterocycles. The van der Waals surface area contributed by atoms with E-state index in [1.54, 1.807) is 18.5 Å². The highest BCUT2D eigenvalue weighted by molar-refractivity contribution is 7.46. The number of hydrogen-bond donors (Lipinski definition) is 2. The summed E-state index contributed by atoms with van der Waals surface area (Å²) >= 11 is 7.48. The molecule has 1 amide bonds. The van der Waals surface area contributed by atoms with Gasteiger partial charge in [-0.1, -0.05) is 36.3 Å². The molecule has 12 heteroatoms. The lowest BCUT2D eigenvalue weighted by atomic mass is 10.2. The topological polar surface area (TPSA) is 123 Å². The molecule has 0 aliphatic heterocycles. The first-order valence-electron chi connectivity index (χ1n) is 9.86. The molecule has 0 aliphatic carbocycles.